The fourth-order valence-electron chi connectivity index (χ4n) is 12.9. The minimum Gasteiger partial charge on any atom is -0.493 e. The number of methoxy groups -OCH3 is 2. The molecule has 14 nitrogen and oxygen atoms in total. The first-order chi connectivity index (χ1) is 36.2. The van der Waals surface area contributed by atoms with E-state index < -0.39 is 89.8 Å². The summed E-state index contributed by atoms with van der Waals surface area (Å²) in [5.41, 5.74) is -1.02. The quantitative estimate of drug-likeness (QED) is 0.0782. The van der Waals surface area contributed by atoms with Crippen LogP contribution in [0.15, 0.2) is 149 Å². The van der Waals surface area contributed by atoms with E-state index in [1.165, 1.54) is 43.4 Å². The maximum atomic E-state index is 16.2. The number of amides is 3. The van der Waals surface area contributed by atoms with Crippen LogP contribution in [0.5, 0.6) is 11.5 Å². The SMILES string of the molecule is COc1ccc(CN2C(=O)N(S(=O)(=O)c3ccc(C)cc3)[C@@]3(O)C2=C[C@@H](CO[Si](c2ccccc2)(c2ccccc2)C(C)(C)C)[C@H]2C(=O)N(S(=O)(=O)c4ccc(C)cc4)[C@H](CO[Si](C(C)C)(C(C)C)C(C)C)[C@H]23)cc1OC. The number of carbonyl (C=O) groups excluding carboxylic acids is 2. The zero-order chi connectivity index (χ0) is 56.2. The predicted octanol–water partition coefficient (Wildman–Crippen LogP) is 9.75. The van der Waals surface area contributed by atoms with Crippen molar-refractivity contribution in [3.05, 3.63) is 156 Å². The molecule has 0 radical (unpaired) electrons. The van der Waals surface area contributed by atoms with E-state index in [1.54, 1.807) is 55.5 Å². The summed E-state index contributed by atoms with van der Waals surface area (Å²) < 4.78 is 90.1. The Bertz CT molecular complexity index is 3160. The molecule has 0 aromatic heterocycles. The molecule has 3 amide bonds. The fourth-order valence-corrected chi connectivity index (χ4v) is 26.1. The largest absolute Gasteiger partial charge is 0.493 e. The van der Waals surface area contributed by atoms with Gasteiger partial charge in [-0.25, -0.2) is 25.9 Å². The zero-order valence-corrected chi connectivity index (χ0v) is 50.2. The number of sulfonamides is 2. The van der Waals surface area contributed by atoms with Gasteiger partial charge in [0.25, 0.3) is 28.4 Å². The van der Waals surface area contributed by atoms with Gasteiger partial charge in [0.1, 0.15) is 0 Å². The van der Waals surface area contributed by atoms with Crippen LogP contribution < -0.4 is 19.8 Å². The van der Waals surface area contributed by atoms with Gasteiger partial charge in [-0.15, -0.1) is 0 Å². The Kier molecular flexibility index (Phi) is 16.1. The fraction of sp³-hybridized carbons (Fsp3) is 0.424. The third-order valence-corrected chi connectivity index (χ3v) is 31.0. The number of fused-ring (bicyclic) bond motifs is 3. The molecule has 0 bridgehead atoms. The van der Waals surface area contributed by atoms with E-state index in [4.69, 9.17) is 18.3 Å². The standard InChI is InChI=1S/C59H75N3O11S2Si2/c1-39(2)76(40(3)4,41(5)6)72-38-50-55-54(56(63)61(50)74(66,67)46-29-24-42(7)25-30-46)45(37-73-77(58(9,10)11,48-20-16-14-17-21-48)49-22-18-15-19-23-49)35-53-59(55,65)62(75(68,69)47-31-26-43(8)27-32-47)57(64)60(53)36-44-28-33-51(70-12)52(34-44)71-13/h14-35,39-41,45,50,54-55,65H,36-38H2,1-13H3/t45-,50+,54+,55+,59+/m0/s1. The van der Waals surface area contributed by atoms with Crippen LogP contribution in [0.25, 0.3) is 0 Å². The van der Waals surface area contributed by atoms with Crippen molar-refractivity contribution in [2.75, 3.05) is 27.4 Å². The molecule has 77 heavy (non-hydrogen) atoms. The highest BCUT2D eigenvalue weighted by atomic mass is 32.2. The smallest absolute Gasteiger partial charge is 0.341 e. The van der Waals surface area contributed by atoms with Crippen molar-refractivity contribution in [1.82, 2.24) is 13.5 Å². The van der Waals surface area contributed by atoms with E-state index in [-0.39, 0.29) is 45.3 Å². The van der Waals surface area contributed by atoms with Gasteiger partial charge < -0.3 is 23.4 Å². The average Bonchev–Trinajstić information content (AvgIpc) is 4.08. The first-order valence-electron chi connectivity index (χ1n) is 26.4. The monoisotopic (exact) mass is 1120 g/mol. The number of nitrogens with zero attached hydrogens (tertiary/aromatic N) is 3. The van der Waals surface area contributed by atoms with E-state index in [1.807, 2.05) is 67.6 Å². The number of aryl methyl sites for hydroxylation is 2. The van der Waals surface area contributed by atoms with Crippen LogP contribution in [-0.4, -0.2) is 103 Å². The number of carbonyl (C=O) groups is 2. The highest BCUT2D eigenvalue weighted by Crippen LogP contribution is 2.58. The Hall–Kier alpha value is -5.61. The number of benzene rings is 5. The molecule has 412 valence electrons. The van der Waals surface area contributed by atoms with Crippen molar-refractivity contribution in [1.29, 1.82) is 0 Å². The van der Waals surface area contributed by atoms with Crippen LogP contribution >= 0.6 is 0 Å². The second-order valence-corrected chi connectivity index (χ2v) is 36.1. The first-order valence-corrected chi connectivity index (χ1v) is 33.3. The van der Waals surface area contributed by atoms with Gasteiger partial charge in [-0.1, -0.05) is 171 Å². The van der Waals surface area contributed by atoms with Crippen molar-refractivity contribution in [3.63, 3.8) is 0 Å². The molecule has 1 N–H and O–H groups in total. The minimum absolute atomic E-state index is 0.00138. The first kappa shape index (κ1) is 57.6. The van der Waals surface area contributed by atoms with Gasteiger partial charge >= 0.3 is 6.03 Å². The lowest BCUT2D eigenvalue weighted by Crippen LogP contribution is -2.67. The Morgan fingerprint density at radius 3 is 1.61 bits per heavy atom. The molecular weight excluding hydrogens is 1050 g/mol. The maximum Gasteiger partial charge on any atom is 0.341 e. The van der Waals surface area contributed by atoms with Gasteiger partial charge in [-0.2, -0.15) is 4.31 Å². The molecule has 5 aromatic rings. The van der Waals surface area contributed by atoms with Gasteiger partial charge in [0.2, 0.25) is 11.6 Å². The van der Waals surface area contributed by atoms with Gasteiger partial charge in [-0.3, -0.25) is 9.69 Å². The molecule has 0 spiro atoms. The van der Waals surface area contributed by atoms with Gasteiger partial charge in [0.05, 0.1) is 60.7 Å². The number of aliphatic hydroxyl groups is 1. The lowest BCUT2D eigenvalue weighted by molar-refractivity contribution is -0.133. The summed E-state index contributed by atoms with van der Waals surface area (Å²) in [7, 11) is -13.2. The van der Waals surface area contributed by atoms with Gasteiger partial charge in [0, 0.05) is 12.5 Å². The van der Waals surface area contributed by atoms with E-state index in [0.717, 1.165) is 25.8 Å². The van der Waals surface area contributed by atoms with E-state index >= 15 is 26.4 Å². The Morgan fingerprint density at radius 1 is 0.649 bits per heavy atom. The van der Waals surface area contributed by atoms with E-state index in [2.05, 4.69) is 62.3 Å². The van der Waals surface area contributed by atoms with Crippen LogP contribution in [0.1, 0.15) is 79.0 Å². The third kappa shape index (κ3) is 9.68. The molecule has 8 rings (SSSR count). The van der Waals surface area contributed by atoms with E-state index in [9.17, 15) is 5.11 Å². The Labute approximate surface area is 458 Å². The van der Waals surface area contributed by atoms with Crippen LogP contribution in [0, 0.1) is 31.6 Å². The highest BCUT2D eigenvalue weighted by Gasteiger charge is 2.73. The van der Waals surface area contributed by atoms with Crippen molar-refractivity contribution >= 4 is 59.0 Å². The molecule has 2 saturated heterocycles. The van der Waals surface area contributed by atoms with Crippen molar-refractivity contribution in [2.45, 2.75) is 126 Å². The van der Waals surface area contributed by atoms with Crippen molar-refractivity contribution in [2.24, 2.45) is 17.8 Å². The summed E-state index contributed by atoms with van der Waals surface area (Å²) >= 11 is 0. The van der Waals surface area contributed by atoms with Crippen LogP contribution in [0.4, 0.5) is 4.79 Å². The molecule has 1 aliphatic carbocycles. The minimum atomic E-state index is -5.03. The van der Waals surface area contributed by atoms with Gasteiger partial charge in [0.15, 0.2) is 19.8 Å². The molecule has 18 heteroatoms. The summed E-state index contributed by atoms with van der Waals surface area (Å²) in [4.78, 5) is 32.8. The molecule has 0 saturated carbocycles. The zero-order valence-electron chi connectivity index (χ0n) is 46.6. The second kappa shape index (κ2) is 21.6. The van der Waals surface area contributed by atoms with Crippen molar-refractivity contribution < 1.29 is 49.9 Å². The summed E-state index contributed by atoms with van der Waals surface area (Å²) in [5.74, 6) is -4.33. The normalized spacial score (nSPS) is 21.3. The summed E-state index contributed by atoms with van der Waals surface area (Å²) in [6, 6.07) is 34.3. The highest BCUT2D eigenvalue weighted by molar-refractivity contribution is 7.90. The number of ether oxygens (including phenoxy) is 2. The summed E-state index contributed by atoms with van der Waals surface area (Å²) in [6.07, 6.45) is 1.58. The molecule has 5 atom stereocenters. The van der Waals surface area contributed by atoms with Crippen LogP contribution in [0.2, 0.25) is 21.7 Å². The molecular formula is C59H75N3O11S2Si2. The third-order valence-electron chi connectivity index (χ3n) is 16.3. The van der Waals surface area contributed by atoms with Crippen LogP contribution in [-0.2, 0) is 40.2 Å². The molecule has 3 aliphatic rings. The summed E-state index contributed by atoms with van der Waals surface area (Å²) in [6.45, 7) is 21.6. The topological polar surface area (TPSA) is 169 Å². The van der Waals surface area contributed by atoms with Gasteiger partial charge in [-0.05, 0) is 87.8 Å². The van der Waals surface area contributed by atoms with Crippen molar-refractivity contribution in [3.8, 4) is 11.5 Å². The summed E-state index contributed by atoms with van der Waals surface area (Å²) in [5, 5.41) is 15.7. The lowest BCUT2D eigenvalue weighted by Gasteiger charge is -2.48. The lowest BCUT2D eigenvalue weighted by atomic mass is 9.69. The number of hydrogen-bond donors (Lipinski definition) is 1. The Morgan fingerprint density at radius 2 is 1.14 bits per heavy atom. The molecule has 0 unspecified atom stereocenters. The van der Waals surface area contributed by atoms with Crippen LogP contribution in [0.3, 0.4) is 0 Å². The molecule has 2 aliphatic heterocycles. The average molecular weight is 1120 g/mol. The molecule has 5 aromatic carbocycles. The van der Waals surface area contributed by atoms with E-state index in [0.29, 0.717) is 21.4 Å². The molecule has 2 fully saturated rings. The number of rotatable bonds is 19. The maximum absolute atomic E-state index is 16.2. The number of urea groups is 1. The number of hydrogen-bond acceptors (Lipinski definition) is 11. The molecule has 2 heterocycles. The second-order valence-electron chi connectivity index (χ2n) is 22.8. The Balaban J connectivity index is 1.44. The predicted molar refractivity (Wildman–Crippen MR) is 304 cm³/mol.